The largest absolute Gasteiger partial charge is 0.340 e. The molecule has 1 N–H and O–H groups in total. The lowest BCUT2D eigenvalue weighted by molar-refractivity contribution is -0.114. The predicted octanol–water partition coefficient (Wildman–Crippen LogP) is 3.32. The molecule has 0 bridgehead atoms. The molecule has 2 aromatic carbocycles. The molecule has 0 saturated carbocycles. The second-order valence-corrected chi connectivity index (χ2v) is 5.17. The average Bonchev–Trinajstić information content (AvgIpc) is 3.04. The van der Waals surface area contributed by atoms with E-state index in [0.29, 0.717) is 16.9 Å². The Morgan fingerprint density at radius 3 is 2.75 bits per heavy atom. The standard InChI is InChI=1S/C19H12N4O/c20-11-14-5-3-4-13(10-14)8-9-18(24)15(12-21)19-22-16-6-1-2-7-17(16)23-19/h1-10,15H,(H,22,23)/b9-8+. The number of para-hydroxylation sites is 2. The van der Waals surface area contributed by atoms with Crippen molar-refractivity contribution in [2.24, 2.45) is 0 Å². The Kier molecular flexibility index (Phi) is 4.18. The van der Waals surface area contributed by atoms with E-state index in [4.69, 9.17) is 5.26 Å². The monoisotopic (exact) mass is 312 g/mol. The molecule has 1 atom stereocenters. The number of hydrogen-bond donors (Lipinski definition) is 1. The zero-order chi connectivity index (χ0) is 16.9. The number of nitrogens with zero attached hydrogens (tertiary/aromatic N) is 3. The number of H-pyrrole nitrogens is 1. The fourth-order valence-electron chi connectivity index (χ4n) is 2.36. The maximum absolute atomic E-state index is 12.3. The molecular weight excluding hydrogens is 300 g/mol. The van der Waals surface area contributed by atoms with E-state index in [0.717, 1.165) is 11.1 Å². The molecule has 0 aliphatic heterocycles. The van der Waals surface area contributed by atoms with Crippen LogP contribution in [-0.2, 0) is 4.79 Å². The SMILES string of the molecule is N#Cc1cccc(/C=C/C(=O)C(C#N)c2nc3ccccc3[nH]2)c1. The minimum absolute atomic E-state index is 0.333. The lowest BCUT2D eigenvalue weighted by atomic mass is 10.0. The first-order valence-corrected chi connectivity index (χ1v) is 7.27. The smallest absolute Gasteiger partial charge is 0.180 e. The van der Waals surface area contributed by atoms with E-state index in [-0.39, 0.29) is 5.78 Å². The topological polar surface area (TPSA) is 93.3 Å². The molecule has 0 fully saturated rings. The maximum atomic E-state index is 12.3. The molecule has 1 aromatic heterocycles. The van der Waals surface area contributed by atoms with Crippen LogP contribution >= 0.6 is 0 Å². The number of nitrogens with one attached hydrogen (secondary N) is 1. The number of carbonyl (C=O) groups is 1. The molecule has 1 unspecified atom stereocenters. The van der Waals surface area contributed by atoms with Crippen LogP contribution in [0.3, 0.4) is 0 Å². The molecule has 24 heavy (non-hydrogen) atoms. The Balaban J connectivity index is 1.85. The Bertz CT molecular complexity index is 985. The van der Waals surface area contributed by atoms with Gasteiger partial charge in [-0.3, -0.25) is 4.79 Å². The number of aromatic nitrogens is 2. The molecule has 5 nitrogen and oxygen atoms in total. The second kappa shape index (κ2) is 6.60. The van der Waals surface area contributed by atoms with Crippen molar-refractivity contribution in [3.63, 3.8) is 0 Å². The maximum Gasteiger partial charge on any atom is 0.180 e. The van der Waals surface area contributed by atoms with E-state index < -0.39 is 5.92 Å². The third kappa shape index (κ3) is 3.06. The number of rotatable bonds is 4. The minimum atomic E-state index is -0.993. The summed E-state index contributed by atoms with van der Waals surface area (Å²) in [5, 5.41) is 18.2. The summed E-state index contributed by atoms with van der Waals surface area (Å²) >= 11 is 0. The lowest BCUT2D eigenvalue weighted by Gasteiger charge is -2.01. The fourth-order valence-corrected chi connectivity index (χ4v) is 2.36. The summed E-state index contributed by atoms with van der Waals surface area (Å²) in [6, 6.07) is 18.3. The van der Waals surface area contributed by atoms with Crippen molar-refractivity contribution in [3.05, 3.63) is 71.6 Å². The van der Waals surface area contributed by atoms with Gasteiger partial charge in [0.15, 0.2) is 11.7 Å². The van der Waals surface area contributed by atoms with Crippen LogP contribution in [-0.4, -0.2) is 15.8 Å². The number of aromatic amines is 1. The number of fused-ring (bicyclic) bond motifs is 1. The van der Waals surface area contributed by atoms with Crippen LogP contribution in [0.2, 0.25) is 0 Å². The van der Waals surface area contributed by atoms with Gasteiger partial charge in [0.05, 0.1) is 28.7 Å². The van der Waals surface area contributed by atoms with Gasteiger partial charge in [-0.25, -0.2) is 4.98 Å². The van der Waals surface area contributed by atoms with Crippen molar-refractivity contribution in [2.45, 2.75) is 5.92 Å². The van der Waals surface area contributed by atoms with Gasteiger partial charge in [-0.15, -0.1) is 0 Å². The third-order valence-corrected chi connectivity index (χ3v) is 3.55. The zero-order valence-electron chi connectivity index (χ0n) is 12.6. The van der Waals surface area contributed by atoms with Crippen LogP contribution in [0.5, 0.6) is 0 Å². The number of benzene rings is 2. The van der Waals surface area contributed by atoms with Gasteiger partial charge in [0.1, 0.15) is 5.82 Å². The lowest BCUT2D eigenvalue weighted by Crippen LogP contribution is -2.09. The minimum Gasteiger partial charge on any atom is -0.340 e. The molecule has 0 aliphatic carbocycles. The molecule has 0 saturated heterocycles. The van der Waals surface area contributed by atoms with E-state index in [1.165, 1.54) is 6.08 Å². The van der Waals surface area contributed by atoms with Crippen molar-refractivity contribution < 1.29 is 4.79 Å². The number of allylic oxidation sites excluding steroid dienone is 1. The highest BCUT2D eigenvalue weighted by atomic mass is 16.1. The molecule has 0 amide bonds. The molecule has 0 radical (unpaired) electrons. The molecule has 3 aromatic rings. The van der Waals surface area contributed by atoms with E-state index in [2.05, 4.69) is 9.97 Å². The summed E-state index contributed by atoms with van der Waals surface area (Å²) in [5.41, 5.74) is 2.74. The highest BCUT2D eigenvalue weighted by molar-refractivity contribution is 6.00. The second-order valence-electron chi connectivity index (χ2n) is 5.17. The van der Waals surface area contributed by atoms with Crippen LogP contribution < -0.4 is 0 Å². The van der Waals surface area contributed by atoms with Crippen LogP contribution in [0, 0.1) is 22.7 Å². The summed E-state index contributed by atoms with van der Waals surface area (Å²) in [6.45, 7) is 0. The fraction of sp³-hybridized carbons (Fsp3) is 0.0526. The summed E-state index contributed by atoms with van der Waals surface area (Å²) < 4.78 is 0. The molecule has 5 heteroatoms. The van der Waals surface area contributed by atoms with Crippen molar-refractivity contribution in [1.29, 1.82) is 10.5 Å². The van der Waals surface area contributed by atoms with Gasteiger partial charge in [-0.2, -0.15) is 10.5 Å². The van der Waals surface area contributed by atoms with Crippen LogP contribution in [0.4, 0.5) is 0 Å². The van der Waals surface area contributed by atoms with Gasteiger partial charge in [-0.05, 0) is 35.9 Å². The molecule has 114 valence electrons. The van der Waals surface area contributed by atoms with Crippen molar-refractivity contribution in [3.8, 4) is 12.1 Å². The molecule has 0 aliphatic rings. The number of carbonyl (C=O) groups excluding carboxylic acids is 1. The highest BCUT2D eigenvalue weighted by Crippen LogP contribution is 2.19. The van der Waals surface area contributed by atoms with Crippen molar-refractivity contribution >= 4 is 22.9 Å². The molecule has 3 rings (SSSR count). The zero-order valence-corrected chi connectivity index (χ0v) is 12.6. The van der Waals surface area contributed by atoms with Gasteiger partial charge < -0.3 is 4.98 Å². The molecule has 0 spiro atoms. The van der Waals surface area contributed by atoms with Crippen molar-refractivity contribution in [1.82, 2.24) is 9.97 Å². The summed E-state index contributed by atoms with van der Waals surface area (Å²) in [4.78, 5) is 19.7. The first kappa shape index (κ1) is 15.2. The van der Waals surface area contributed by atoms with Gasteiger partial charge in [-0.1, -0.05) is 30.3 Å². The number of hydrogen-bond acceptors (Lipinski definition) is 4. The Morgan fingerprint density at radius 1 is 1.17 bits per heavy atom. The summed E-state index contributed by atoms with van der Waals surface area (Å²) in [7, 11) is 0. The third-order valence-electron chi connectivity index (χ3n) is 3.55. The Labute approximate surface area is 138 Å². The van der Waals surface area contributed by atoms with Gasteiger partial charge in [0.2, 0.25) is 0 Å². The quantitative estimate of drug-likeness (QED) is 0.748. The summed E-state index contributed by atoms with van der Waals surface area (Å²) in [6.07, 6.45) is 2.94. The van der Waals surface area contributed by atoms with Gasteiger partial charge >= 0.3 is 0 Å². The van der Waals surface area contributed by atoms with Crippen LogP contribution in [0.1, 0.15) is 22.9 Å². The van der Waals surface area contributed by atoms with Gasteiger partial charge in [0.25, 0.3) is 0 Å². The highest BCUT2D eigenvalue weighted by Gasteiger charge is 2.21. The average molecular weight is 312 g/mol. The van der Waals surface area contributed by atoms with E-state index in [1.54, 1.807) is 30.3 Å². The van der Waals surface area contributed by atoms with E-state index in [9.17, 15) is 10.1 Å². The number of imidazole rings is 1. The molecule has 1 heterocycles. The summed E-state index contributed by atoms with van der Waals surface area (Å²) in [5.74, 6) is -1.02. The molecular formula is C19H12N4O. The number of ketones is 1. The Morgan fingerprint density at radius 2 is 2.00 bits per heavy atom. The van der Waals surface area contributed by atoms with E-state index >= 15 is 0 Å². The Hall–Kier alpha value is -3.70. The first-order chi connectivity index (χ1) is 11.7. The first-order valence-electron chi connectivity index (χ1n) is 7.27. The normalized spacial score (nSPS) is 11.9. The van der Waals surface area contributed by atoms with Crippen LogP contribution in [0.15, 0.2) is 54.6 Å². The van der Waals surface area contributed by atoms with Gasteiger partial charge in [0, 0.05) is 0 Å². The number of nitriles is 2. The van der Waals surface area contributed by atoms with E-state index in [1.807, 2.05) is 36.4 Å². The predicted molar refractivity (Wildman–Crippen MR) is 89.6 cm³/mol. The van der Waals surface area contributed by atoms with Crippen molar-refractivity contribution in [2.75, 3.05) is 0 Å². The van der Waals surface area contributed by atoms with Crippen LogP contribution in [0.25, 0.3) is 17.1 Å².